The van der Waals surface area contributed by atoms with Crippen LogP contribution in [0.2, 0.25) is 0 Å². The van der Waals surface area contributed by atoms with Crippen LogP contribution in [0.3, 0.4) is 0 Å². The Hall–Kier alpha value is -0.0800. The van der Waals surface area contributed by atoms with Gasteiger partial charge in [-0.2, -0.15) is 0 Å². The van der Waals surface area contributed by atoms with Crippen LogP contribution in [0.15, 0.2) is 0 Å². The van der Waals surface area contributed by atoms with Crippen molar-refractivity contribution in [2.24, 2.45) is 11.3 Å². The third-order valence-electron chi connectivity index (χ3n) is 6.63. The summed E-state index contributed by atoms with van der Waals surface area (Å²) in [6.07, 6.45) is 16.0. The average molecular weight is 293 g/mol. The molecule has 122 valence electrons. The molecule has 3 rings (SSSR count). The summed E-state index contributed by atoms with van der Waals surface area (Å²) in [5.41, 5.74) is 0.492. The van der Waals surface area contributed by atoms with E-state index < -0.39 is 0 Å². The summed E-state index contributed by atoms with van der Waals surface area (Å²) >= 11 is 0. The molecule has 3 fully saturated rings. The molecule has 2 nitrogen and oxygen atoms in total. The van der Waals surface area contributed by atoms with Crippen molar-refractivity contribution in [3.05, 3.63) is 0 Å². The Labute approximate surface area is 131 Å². The average Bonchev–Trinajstić information content (AvgIpc) is 2.72. The van der Waals surface area contributed by atoms with Crippen LogP contribution in [-0.4, -0.2) is 24.8 Å². The van der Waals surface area contributed by atoms with Crippen molar-refractivity contribution in [1.29, 1.82) is 0 Å². The largest absolute Gasteiger partial charge is 0.378 e. The lowest BCUT2D eigenvalue weighted by Gasteiger charge is -2.58. The van der Waals surface area contributed by atoms with Crippen molar-refractivity contribution in [2.75, 3.05) is 6.61 Å². The second kappa shape index (κ2) is 7.00. The van der Waals surface area contributed by atoms with E-state index in [0.717, 1.165) is 24.6 Å². The fraction of sp³-hybridized carbons (Fsp3) is 1.00. The SMILES string of the molecule is CCOC1CC(NC2CCCC(C)CC2)C12CCCCC2. The summed E-state index contributed by atoms with van der Waals surface area (Å²) in [6, 6.07) is 1.52. The number of hydrogen-bond acceptors (Lipinski definition) is 2. The molecule has 0 aromatic carbocycles. The molecule has 21 heavy (non-hydrogen) atoms. The summed E-state index contributed by atoms with van der Waals surface area (Å²) in [6.45, 7) is 5.48. The quantitative estimate of drug-likeness (QED) is 0.760. The molecule has 0 heterocycles. The smallest absolute Gasteiger partial charge is 0.0661 e. The summed E-state index contributed by atoms with van der Waals surface area (Å²) in [5.74, 6) is 0.943. The van der Waals surface area contributed by atoms with Gasteiger partial charge in [0.15, 0.2) is 0 Å². The second-order valence-corrected chi connectivity index (χ2v) is 8.00. The molecular weight excluding hydrogens is 258 g/mol. The third kappa shape index (κ3) is 3.32. The number of nitrogens with one attached hydrogen (secondary N) is 1. The van der Waals surface area contributed by atoms with Gasteiger partial charge < -0.3 is 10.1 Å². The summed E-state index contributed by atoms with van der Waals surface area (Å²) in [7, 11) is 0. The predicted octanol–water partition coefficient (Wildman–Crippen LogP) is 4.67. The topological polar surface area (TPSA) is 21.3 Å². The third-order valence-corrected chi connectivity index (χ3v) is 6.63. The van der Waals surface area contributed by atoms with Crippen LogP contribution >= 0.6 is 0 Å². The molecule has 1 spiro atoms. The first-order chi connectivity index (χ1) is 10.2. The van der Waals surface area contributed by atoms with E-state index in [1.54, 1.807) is 0 Å². The fourth-order valence-corrected chi connectivity index (χ4v) is 5.24. The molecule has 2 heteroatoms. The summed E-state index contributed by atoms with van der Waals surface area (Å²) in [5, 5.41) is 4.08. The van der Waals surface area contributed by atoms with Gasteiger partial charge in [0.2, 0.25) is 0 Å². The molecule has 4 atom stereocenters. The lowest BCUT2D eigenvalue weighted by Crippen LogP contribution is -2.66. The monoisotopic (exact) mass is 293 g/mol. The summed E-state index contributed by atoms with van der Waals surface area (Å²) in [4.78, 5) is 0. The highest BCUT2D eigenvalue weighted by molar-refractivity contribution is 5.09. The Morgan fingerprint density at radius 3 is 2.57 bits per heavy atom. The molecule has 1 N–H and O–H groups in total. The standard InChI is InChI=1S/C19H35NO/c1-3-21-18-14-17(19(18)12-5-4-6-13-19)20-16-9-7-8-15(2)10-11-16/h15-18,20H,3-14H2,1-2H3. The first-order valence-electron chi connectivity index (χ1n) is 9.62. The molecule has 0 aliphatic heterocycles. The van der Waals surface area contributed by atoms with Gasteiger partial charge in [-0.1, -0.05) is 39.0 Å². The highest BCUT2D eigenvalue weighted by Crippen LogP contribution is 2.53. The Bertz CT molecular complexity index is 324. The zero-order valence-corrected chi connectivity index (χ0v) is 14.2. The van der Waals surface area contributed by atoms with E-state index in [-0.39, 0.29) is 0 Å². The van der Waals surface area contributed by atoms with Crippen molar-refractivity contribution in [3.63, 3.8) is 0 Å². The maximum Gasteiger partial charge on any atom is 0.0661 e. The van der Waals surface area contributed by atoms with Gasteiger partial charge in [0.25, 0.3) is 0 Å². The van der Waals surface area contributed by atoms with Crippen LogP contribution in [-0.2, 0) is 4.74 Å². The van der Waals surface area contributed by atoms with Gasteiger partial charge in [-0.15, -0.1) is 0 Å². The van der Waals surface area contributed by atoms with E-state index in [9.17, 15) is 0 Å². The van der Waals surface area contributed by atoms with Crippen molar-refractivity contribution in [2.45, 2.75) is 103 Å². The van der Waals surface area contributed by atoms with Crippen molar-refractivity contribution >= 4 is 0 Å². The normalized spacial score (nSPS) is 39.7. The molecule has 0 aromatic rings. The minimum absolute atomic E-state index is 0.492. The molecule has 3 aliphatic carbocycles. The summed E-state index contributed by atoms with van der Waals surface area (Å²) < 4.78 is 6.09. The molecule has 0 radical (unpaired) electrons. The van der Waals surface area contributed by atoms with Gasteiger partial charge in [-0.25, -0.2) is 0 Å². The number of rotatable bonds is 4. The molecule has 0 aromatic heterocycles. The van der Waals surface area contributed by atoms with Gasteiger partial charge in [-0.3, -0.25) is 0 Å². The second-order valence-electron chi connectivity index (χ2n) is 8.00. The van der Waals surface area contributed by atoms with E-state index in [1.165, 1.54) is 70.6 Å². The Balaban J connectivity index is 1.59. The lowest BCUT2D eigenvalue weighted by molar-refractivity contribution is -0.152. The first kappa shape index (κ1) is 15.8. The molecule has 4 unspecified atom stereocenters. The van der Waals surface area contributed by atoms with Crippen LogP contribution in [0, 0.1) is 11.3 Å². The Morgan fingerprint density at radius 1 is 1.00 bits per heavy atom. The van der Waals surface area contributed by atoms with Gasteiger partial charge in [-0.05, 0) is 51.4 Å². The molecular formula is C19H35NO. The zero-order valence-electron chi connectivity index (χ0n) is 14.2. The zero-order chi connectivity index (χ0) is 14.7. The molecule has 3 saturated carbocycles. The van der Waals surface area contributed by atoms with Crippen LogP contribution < -0.4 is 5.32 Å². The Morgan fingerprint density at radius 2 is 1.81 bits per heavy atom. The highest BCUT2D eigenvalue weighted by atomic mass is 16.5. The molecule has 0 saturated heterocycles. The van der Waals surface area contributed by atoms with Crippen molar-refractivity contribution < 1.29 is 4.74 Å². The van der Waals surface area contributed by atoms with Crippen molar-refractivity contribution in [3.8, 4) is 0 Å². The van der Waals surface area contributed by atoms with Crippen LogP contribution in [0.5, 0.6) is 0 Å². The lowest BCUT2D eigenvalue weighted by atomic mass is 9.55. The van der Waals surface area contributed by atoms with E-state index >= 15 is 0 Å². The van der Waals surface area contributed by atoms with Gasteiger partial charge in [0.05, 0.1) is 6.10 Å². The van der Waals surface area contributed by atoms with Gasteiger partial charge in [0, 0.05) is 24.1 Å². The first-order valence-corrected chi connectivity index (χ1v) is 9.62. The highest BCUT2D eigenvalue weighted by Gasteiger charge is 2.55. The minimum atomic E-state index is 0.492. The molecule has 0 amide bonds. The van der Waals surface area contributed by atoms with E-state index in [0.29, 0.717) is 11.5 Å². The van der Waals surface area contributed by atoms with Crippen LogP contribution in [0.4, 0.5) is 0 Å². The molecule has 3 aliphatic rings. The van der Waals surface area contributed by atoms with Crippen LogP contribution in [0.1, 0.15) is 84.5 Å². The minimum Gasteiger partial charge on any atom is -0.378 e. The number of ether oxygens (including phenoxy) is 1. The van der Waals surface area contributed by atoms with Crippen molar-refractivity contribution in [1.82, 2.24) is 5.32 Å². The Kier molecular flexibility index (Phi) is 5.27. The maximum absolute atomic E-state index is 6.09. The van der Waals surface area contributed by atoms with Crippen LogP contribution in [0.25, 0.3) is 0 Å². The predicted molar refractivity (Wildman–Crippen MR) is 88.5 cm³/mol. The van der Waals surface area contributed by atoms with E-state index in [2.05, 4.69) is 19.2 Å². The van der Waals surface area contributed by atoms with Gasteiger partial charge >= 0.3 is 0 Å². The van der Waals surface area contributed by atoms with E-state index in [1.807, 2.05) is 0 Å². The van der Waals surface area contributed by atoms with E-state index in [4.69, 9.17) is 4.74 Å². The molecule has 0 bridgehead atoms. The fourth-order valence-electron chi connectivity index (χ4n) is 5.24. The number of hydrogen-bond donors (Lipinski definition) is 1. The van der Waals surface area contributed by atoms with Gasteiger partial charge in [0.1, 0.15) is 0 Å². The maximum atomic E-state index is 6.09.